The molecule has 102 valence electrons. The van der Waals surface area contributed by atoms with Gasteiger partial charge in [-0.25, -0.2) is 4.79 Å². The number of hydrogen-bond donors (Lipinski definition) is 2. The highest BCUT2D eigenvalue weighted by Crippen LogP contribution is 2.28. The van der Waals surface area contributed by atoms with Crippen molar-refractivity contribution >= 4 is 12.0 Å². The minimum atomic E-state index is -0.566. The van der Waals surface area contributed by atoms with Crippen LogP contribution in [0.25, 0.3) is 0 Å². The molecule has 0 bridgehead atoms. The van der Waals surface area contributed by atoms with E-state index >= 15 is 0 Å². The second-order valence-electron chi connectivity index (χ2n) is 6.08. The van der Waals surface area contributed by atoms with Crippen molar-refractivity contribution in [1.29, 1.82) is 0 Å². The van der Waals surface area contributed by atoms with Gasteiger partial charge in [0, 0.05) is 25.0 Å². The van der Waals surface area contributed by atoms with Gasteiger partial charge in [-0.05, 0) is 27.2 Å². The molecule has 0 spiro atoms. The summed E-state index contributed by atoms with van der Waals surface area (Å²) in [7, 11) is 0. The van der Waals surface area contributed by atoms with Crippen molar-refractivity contribution in [3.63, 3.8) is 0 Å². The largest absolute Gasteiger partial charge is 0.444 e. The molecule has 0 aromatic rings. The number of ether oxygens (including phenoxy) is 1. The number of amides is 2. The maximum absolute atomic E-state index is 12.1. The first-order valence-corrected chi connectivity index (χ1v) is 6.31. The Morgan fingerprint density at radius 3 is 2.78 bits per heavy atom. The summed E-state index contributed by atoms with van der Waals surface area (Å²) in [6.45, 7) is 6.39. The number of carbonyl (C=O) groups excluding carboxylic acids is 2. The summed E-state index contributed by atoms with van der Waals surface area (Å²) in [6, 6.07) is -0.508. The molecular formula is C12H21N3O3. The van der Waals surface area contributed by atoms with Gasteiger partial charge in [0.1, 0.15) is 11.6 Å². The van der Waals surface area contributed by atoms with E-state index in [1.54, 1.807) is 20.8 Å². The Morgan fingerprint density at radius 1 is 1.50 bits per heavy atom. The standard InChI is InChI=1S/C12H21N3O3/c1-12(2,3)18-11(17)15-6-8(13)4-7-5-14-10(16)9(7)15/h7-9H,4-6,13H2,1-3H3,(H,14,16)/t7-,8+,9-/m0/s1. The van der Waals surface area contributed by atoms with Gasteiger partial charge in [-0.2, -0.15) is 0 Å². The van der Waals surface area contributed by atoms with Gasteiger partial charge < -0.3 is 15.8 Å². The zero-order valence-electron chi connectivity index (χ0n) is 11.1. The maximum atomic E-state index is 12.1. The van der Waals surface area contributed by atoms with E-state index in [4.69, 9.17) is 10.5 Å². The Kier molecular flexibility index (Phi) is 3.23. The zero-order valence-corrected chi connectivity index (χ0v) is 11.1. The van der Waals surface area contributed by atoms with Gasteiger partial charge in [-0.3, -0.25) is 9.69 Å². The average molecular weight is 255 g/mol. The molecule has 3 N–H and O–H groups in total. The van der Waals surface area contributed by atoms with Crippen LogP contribution in [-0.4, -0.2) is 47.7 Å². The number of hydrogen-bond acceptors (Lipinski definition) is 4. The number of nitrogens with one attached hydrogen (secondary N) is 1. The second kappa shape index (κ2) is 4.42. The fourth-order valence-corrected chi connectivity index (χ4v) is 2.61. The molecule has 2 rings (SSSR count). The first-order chi connectivity index (χ1) is 8.28. The van der Waals surface area contributed by atoms with Crippen LogP contribution in [0.2, 0.25) is 0 Å². The van der Waals surface area contributed by atoms with E-state index in [9.17, 15) is 9.59 Å². The van der Waals surface area contributed by atoms with Crippen molar-refractivity contribution in [1.82, 2.24) is 10.2 Å². The van der Waals surface area contributed by atoms with Crippen LogP contribution < -0.4 is 11.1 Å². The first kappa shape index (κ1) is 13.1. The molecule has 2 aliphatic rings. The van der Waals surface area contributed by atoms with E-state index in [0.717, 1.165) is 6.42 Å². The fourth-order valence-electron chi connectivity index (χ4n) is 2.61. The van der Waals surface area contributed by atoms with Gasteiger partial charge in [0.2, 0.25) is 5.91 Å². The Labute approximate surface area is 107 Å². The van der Waals surface area contributed by atoms with Gasteiger partial charge in [-0.15, -0.1) is 0 Å². The molecule has 6 heteroatoms. The molecular weight excluding hydrogens is 234 g/mol. The summed E-state index contributed by atoms with van der Waals surface area (Å²) in [5.41, 5.74) is 5.37. The lowest BCUT2D eigenvalue weighted by molar-refractivity contribution is -0.125. The monoisotopic (exact) mass is 255 g/mol. The van der Waals surface area contributed by atoms with Gasteiger partial charge >= 0.3 is 6.09 Å². The van der Waals surface area contributed by atoms with Crippen LogP contribution in [0.15, 0.2) is 0 Å². The maximum Gasteiger partial charge on any atom is 0.411 e. The molecule has 2 aliphatic heterocycles. The van der Waals surface area contributed by atoms with Gasteiger partial charge in [-0.1, -0.05) is 0 Å². The molecule has 0 radical (unpaired) electrons. The molecule has 0 unspecified atom stereocenters. The molecule has 2 amide bonds. The minimum Gasteiger partial charge on any atom is -0.444 e. The Morgan fingerprint density at radius 2 is 2.17 bits per heavy atom. The zero-order chi connectivity index (χ0) is 13.5. The lowest BCUT2D eigenvalue weighted by Gasteiger charge is -2.39. The predicted octanol–water partition coefficient (Wildman–Crippen LogP) is 0.0691. The number of carbonyl (C=O) groups is 2. The molecule has 2 heterocycles. The van der Waals surface area contributed by atoms with Gasteiger partial charge in [0.05, 0.1) is 0 Å². The Hall–Kier alpha value is -1.30. The summed E-state index contributed by atoms with van der Waals surface area (Å²) < 4.78 is 5.33. The summed E-state index contributed by atoms with van der Waals surface area (Å²) in [4.78, 5) is 25.4. The van der Waals surface area contributed by atoms with Gasteiger partial charge in [0.15, 0.2) is 0 Å². The van der Waals surface area contributed by atoms with Crippen LogP contribution in [0.4, 0.5) is 4.79 Å². The molecule has 0 saturated carbocycles. The molecule has 2 fully saturated rings. The van der Waals surface area contributed by atoms with Crippen molar-refractivity contribution in [2.45, 2.75) is 44.9 Å². The topological polar surface area (TPSA) is 84.7 Å². The summed E-state index contributed by atoms with van der Waals surface area (Å²) in [6.07, 6.45) is 0.313. The number of rotatable bonds is 0. The number of nitrogens with zero attached hydrogens (tertiary/aromatic N) is 1. The van der Waals surface area contributed by atoms with E-state index in [2.05, 4.69) is 5.32 Å². The third-order valence-corrected chi connectivity index (χ3v) is 3.25. The molecule has 6 nitrogen and oxygen atoms in total. The molecule has 0 aromatic carbocycles. The van der Waals surface area contributed by atoms with E-state index in [1.165, 1.54) is 4.90 Å². The van der Waals surface area contributed by atoms with E-state index in [1.807, 2.05) is 0 Å². The van der Waals surface area contributed by atoms with Gasteiger partial charge in [0.25, 0.3) is 0 Å². The van der Waals surface area contributed by atoms with E-state index in [-0.39, 0.29) is 17.9 Å². The first-order valence-electron chi connectivity index (χ1n) is 6.31. The number of likely N-dealkylation sites (tertiary alicyclic amines) is 1. The summed E-state index contributed by atoms with van der Waals surface area (Å²) in [5, 5.41) is 2.79. The predicted molar refractivity (Wildman–Crippen MR) is 65.8 cm³/mol. The third kappa shape index (κ3) is 2.58. The number of piperidine rings is 1. The molecule has 2 saturated heterocycles. The average Bonchev–Trinajstić information content (AvgIpc) is 2.56. The normalized spacial score (nSPS) is 31.9. The molecule has 0 aliphatic carbocycles. The van der Waals surface area contributed by atoms with E-state index < -0.39 is 17.7 Å². The molecule has 3 atom stereocenters. The molecule has 0 aromatic heterocycles. The highest BCUT2D eigenvalue weighted by Gasteiger charge is 2.46. The Balaban J connectivity index is 2.14. The van der Waals surface area contributed by atoms with Crippen LogP contribution in [0, 0.1) is 5.92 Å². The van der Waals surface area contributed by atoms with Crippen LogP contribution in [0.3, 0.4) is 0 Å². The Bertz CT molecular complexity index is 364. The SMILES string of the molecule is CC(C)(C)OC(=O)N1C[C@H](N)C[C@H]2CNC(=O)[C@H]21. The van der Waals surface area contributed by atoms with Crippen molar-refractivity contribution in [2.24, 2.45) is 11.7 Å². The van der Waals surface area contributed by atoms with Crippen LogP contribution in [0.1, 0.15) is 27.2 Å². The van der Waals surface area contributed by atoms with Crippen molar-refractivity contribution in [2.75, 3.05) is 13.1 Å². The quantitative estimate of drug-likeness (QED) is 0.641. The van der Waals surface area contributed by atoms with Crippen LogP contribution in [-0.2, 0) is 9.53 Å². The number of fused-ring (bicyclic) bond motifs is 1. The van der Waals surface area contributed by atoms with Crippen molar-refractivity contribution in [3.8, 4) is 0 Å². The van der Waals surface area contributed by atoms with Crippen molar-refractivity contribution in [3.05, 3.63) is 0 Å². The molecule has 18 heavy (non-hydrogen) atoms. The minimum absolute atomic E-state index is 0.0912. The van der Waals surface area contributed by atoms with E-state index in [0.29, 0.717) is 13.1 Å². The summed E-state index contributed by atoms with van der Waals surface area (Å²) >= 11 is 0. The third-order valence-electron chi connectivity index (χ3n) is 3.25. The summed E-state index contributed by atoms with van der Waals surface area (Å²) in [5.74, 6) is 0.00604. The van der Waals surface area contributed by atoms with Crippen LogP contribution in [0.5, 0.6) is 0 Å². The van der Waals surface area contributed by atoms with Crippen molar-refractivity contribution < 1.29 is 14.3 Å². The number of nitrogens with two attached hydrogens (primary N) is 1. The smallest absolute Gasteiger partial charge is 0.411 e. The van der Waals surface area contributed by atoms with Crippen LogP contribution >= 0.6 is 0 Å². The fraction of sp³-hybridized carbons (Fsp3) is 0.833. The highest BCUT2D eigenvalue weighted by molar-refractivity contribution is 5.88. The second-order valence-corrected chi connectivity index (χ2v) is 6.08. The lowest BCUT2D eigenvalue weighted by Crippen LogP contribution is -2.57. The lowest BCUT2D eigenvalue weighted by atomic mass is 9.89. The highest BCUT2D eigenvalue weighted by atomic mass is 16.6.